The standard InChI is InChI=1S/C13H10O3S/c14-12-9-5-4-8-11(12)13(15)16-17-10-6-2-1-3-7-10/h1-9,14H. The van der Waals surface area contributed by atoms with Crippen LogP contribution in [0.15, 0.2) is 59.5 Å². The minimum atomic E-state index is -0.558. The van der Waals surface area contributed by atoms with Gasteiger partial charge in [0.25, 0.3) is 0 Å². The predicted molar refractivity (Wildman–Crippen MR) is 65.8 cm³/mol. The van der Waals surface area contributed by atoms with Gasteiger partial charge in [-0.2, -0.15) is 0 Å². The molecule has 0 unspecified atom stereocenters. The molecule has 2 aromatic carbocycles. The number of benzene rings is 2. The van der Waals surface area contributed by atoms with Crippen LogP contribution in [0.5, 0.6) is 5.75 Å². The molecule has 0 bridgehead atoms. The van der Waals surface area contributed by atoms with Crippen LogP contribution in [0.2, 0.25) is 0 Å². The third-order valence-corrected chi connectivity index (χ3v) is 2.78. The Labute approximate surface area is 103 Å². The summed E-state index contributed by atoms with van der Waals surface area (Å²) in [6.45, 7) is 0. The second kappa shape index (κ2) is 5.41. The van der Waals surface area contributed by atoms with Gasteiger partial charge < -0.3 is 9.29 Å². The van der Waals surface area contributed by atoms with Gasteiger partial charge in [0, 0.05) is 4.90 Å². The third-order valence-electron chi connectivity index (χ3n) is 2.08. The van der Waals surface area contributed by atoms with Crippen LogP contribution in [-0.4, -0.2) is 11.1 Å². The molecule has 4 heteroatoms. The molecule has 0 heterocycles. The number of hydrogen-bond acceptors (Lipinski definition) is 4. The first-order valence-electron chi connectivity index (χ1n) is 4.99. The zero-order valence-corrected chi connectivity index (χ0v) is 9.68. The van der Waals surface area contributed by atoms with E-state index in [0.29, 0.717) is 0 Å². The zero-order valence-electron chi connectivity index (χ0n) is 8.87. The maximum atomic E-state index is 11.6. The summed E-state index contributed by atoms with van der Waals surface area (Å²) in [6.07, 6.45) is 0. The van der Waals surface area contributed by atoms with E-state index in [9.17, 15) is 9.90 Å². The Morgan fingerprint density at radius 2 is 1.65 bits per heavy atom. The second-order valence-electron chi connectivity index (χ2n) is 3.28. The summed E-state index contributed by atoms with van der Waals surface area (Å²) < 4.78 is 5.01. The van der Waals surface area contributed by atoms with E-state index in [0.717, 1.165) is 16.9 Å². The van der Waals surface area contributed by atoms with Crippen molar-refractivity contribution < 1.29 is 14.1 Å². The molecule has 0 saturated carbocycles. The molecule has 0 spiro atoms. The number of carbonyl (C=O) groups excluding carboxylic acids is 1. The summed E-state index contributed by atoms with van der Waals surface area (Å²) in [5, 5.41) is 9.47. The lowest BCUT2D eigenvalue weighted by atomic mass is 10.2. The first-order chi connectivity index (χ1) is 8.27. The molecule has 0 aliphatic carbocycles. The molecule has 0 aromatic heterocycles. The fourth-order valence-corrected chi connectivity index (χ4v) is 1.78. The molecule has 2 aromatic rings. The van der Waals surface area contributed by atoms with E-state index >= 15 is 0 Å². The molecule has 2 rings (SSSR count). The normalized spacial score (nSPS) is 9.88. The van der Waals surface area contributed by atoms with Gasteiger partial charge in [-0.1, -0.05) is 30.3 Å². The van der Waals surface area contributed by atoms with Gasteiger partial charge in [-0.25, -0.2) is 4.79 Å². The largest absolute Gasteiger partial charge is 0.507 e. The van der Waals surface area contributed by atoms with Crippen LogP contribution in [0.25, 0.3) is 0 Å². The summed E-state index contributed by atoms with van der Waals surface area (Å²) in [6, 6.07) is 15.6. The van der Waals surface area contributed by atoms with Crippen molar-refractivity contribution in [2.24, 2.45) is 0 Å². The molecule has 0 aliphatic rings. The molecule has 0 saturated heterocycles. The lowest BCUT2D eigenvalue weighted by molar-refractivity contribution is 0.0765. The van der Waals surface area contributed by atoms with Crippen molar-refractivity contribution in [1.29, 1.82) is 0 Å². The second-order valence-corrected chi connectivity index (χ2v) is 4.09. The van der Waals surface area contributed by atoms with Crippen molar-refractivity contribution in [1.82, 2.24) is 0 Å². The van der Waals surface area contributed by atoms with Crippen LogP contribution in [0.1, 0.15) is 10.4 Å². The molecule has 1 N–H and O–H groups in total. The number of rotatable bonds is 3. The number of phenols is 1. The van der Waals surface area contributed by atoms with Crippen molar-refractivity contribution in [3.63, 3.8) is 0 Å². The monoisotopic (exact) mass is 246 g/mol. The molecule has 17 heavy (non-hydrogen) atoms. The van der Waals surface area contributed by atoms with E-state index in [2.05, 4.69) is 0 Å². The van der Waals surface area contributed by atoms with Gasteiger partial charge >= 0.3 is 5.97 Å². The molecule has 0 radical (unpaired) electrons. The van der Waals surface area contributed by atoms with E-state index < -0.39 is 5.97 Å². The third kappa shape index (κ3) is 3.01. The molecule has 86 valence electrons. The highest BCUT2D eigenvalue weighted by Gasteiger charge is 2.12. The van der Waals surface area contributed by atoms with E-state index in [4.69, 9.17) is 4.18 Å². The first kappa shape index (κ1) is 11.5. The summed E-state index contributed by atoms with van der Waals surface area (Å²) >= 11 is 0.971. The maximum absolute atomic E-state index is 11.6. The van der Waals surface area contributed by atoms with Gasteiger partial charge in [-0.05, 0) is 24.3 Å². The van der Waals surface area contributed by atoms with Gasteiger partial charge in [0.15, 0.2) is 0 Å². The molecular formula is C13H10O3S. The van der Waals surface area contributed by atoms with Crippen molar-refractivity contribution in [3.05, 3.63) is 60.2 Å². The smallest absolute Gasteiger partial charge is 0.354 e. The van der Waals surface area contributed by atoms with Gasteiger partial charge in [0.05, 0.1) is 12.0 Å². The van der Waals surface area contributed by atoms with Crippen molar-refractivity contribution in [2.75, 3.05) is 0 Å². The highest BCUT2D eigenvalue weighted by Crippen LogP contribution is 2.23. The van der Waals surface area contributed by atoms with Crippen LogP contribution < -0.4 is 0 Å². The number of carbonyl (C=O) groups is 1. The number of phenolic OH excluding ortho intramolecular Hbond substituents is 1. The van der Waals surface area contributed by atoms with Gasteiger partial charge in [-0.3, -0.25) is 0 Å². The average molecular weight is 246 g/mol. The van der Waals surface area contributed by atoms with Crippen LogP contribution in [0.3, 0.4) is 0 Å². The van der Waals surface area contributed by atoms with Crippen molar-refractivity contribution in [3.8, 4) is 5.75 Å². The summed E-state index contributed by atoms with van der Waals surface area (Å²) in [5.41, 5.74) is 0.163. The fourth-order valence-electron chi connectivity index (χ4n) is 1.25. The van der Waals surface area contributed by atoms with E-state index in [1.807, 2.05) is 30.3 Å². The number of aromatic hydroxyl groups is 1. The van der Waals surface area contributed by atoms with Gasteiger partial charge in [0.1, 0.15) is 11.3 Å². The van der Waals surface area contributed by atoms with Crippen LogP contribution in [0.4, 0.5) is 0 Å². The van der Waals surface area contributed by atoms with E-state index in [1.165, 1.54) is 12.1 Å². The summed E-state index contributed by atoms with van der Waals surface area (Å²) in [4.78, 5) is 12.5. The van der Waals surface area contributed by atoms with E-state index in [1.54, 1.807) is 12.1 Å². The van der Waals surface area contributed by atoms with Crippen molar-refractivity contribution >= 4 is 18.0 Å². The topological polar surface area (TPSA) is 46.5 Å². The van der Waals surface area contributed by atoms with Gasteiger partial charge in [-0.15, -0.1) is 0 Å². The molecule has 0 atom stereocenters. The SMILES string of the molecule is O=C(OSc1ccccc1)c1ccccc1O. The zero-order chi connectivity index (χ0) is 12.1. The quantitative estimate of drug-likeness (QED) is 0.844. The first-order valence-corrected chi connectivity index (χ1v) is 5.73. The Hall–Kier alpha value is -1.94. The highest BCUT2D eigenvalue weighted by atomic mass is 32.2. The number of para-hydroxylation sites is 1. The molecule has 0 amide bonds. The predicted octanol–water partition coefficient (Wildman–Crippen LogP) is 3.26. The Balaban J connectivity index is 2.01. The minimum absolute atomic E-state index is 0.0776. The van der Waals surface area contributed by atoms with Crippen molar-refractivity contribution in [2.45, 2.75) is 4.90 Å². The highest BCUT2D eigenvalue weighted by molar-refractivity contribution is 7.95. The Morgan fingerprint density at radius 3 is 2.35 bits per heavy atom. The summed E-state index contributed by atoms with van der Waals surface area (Å²) in [5.74, 6) is -0.636. The lowest BCUT2D eigenvalue weighted by Crippen LogP contribution is -1.99. The molecule has 0 aliphatic heterocycles. The van der Waals surface area contributed by atoms with Crippen LogP contribution in [0, 0.1) is 0 Å². The fraction of sp³-hybridized carbons (Fsp3) is 0. The molecular weight excluding hydrogens is 236 g/mol. The lowest BCUT2D eigenvalue weighted by Gasteiger charge is -2.03. The van der Waals surface area contributed by atoms with Gasteiger partial charge in [0.2, 0.25) is 0 Å². The number of hydrogen-bond donors (Lipinski definition) is 1. The van der Waals surface area contributed by atoms with E-state index in [-0.39, 0.29) is 11.3 Å². The Bertz CT molecular complexity index is 511. The Morgan fingerprint density at radius 1 is 1.00 bits per heavy atom. The maximum Gasteiger partial charge on any atom is 0.354 e. The molecule has 3 nitrogen and oxygen atoms in total. The van der Waals surface area contributed by atoms with Crippen LogP contribution in [-0.2, 0) is 4.18 Å². The Kier molecular flexibility index (Phi) is 3.67. The molecule has 0 fully saturated rings. The average Bonchev–Trinajstić information content (AvgIpc) is 2.38. The summed E-state index contributed by atoms with van der Waals surface area (Å²) in [7, 11) is 0. The van der Waals surface area contributed by atoms with Crippen LogP contribution >= 0.6 is 12.0 Å². The minimum Gasteiger partial charge on any atom is -0.507 e.